The number of rotatable bonds is 5. The van der Waals surface area contributed by atoms with E-state index < -0.39 is 34.7 Å². The van der Waals surface area contributed by atoms with Crippen LogP contribution in [-0.4, -0.2) is 45.3 Å². The van der Waals surface area contributed by atoms with Crippen molar-refractivity contribution in [1.29, 1.82) is 0 Å². The van der Waals surface area contributed by atoms with Crippen LogP contribution in [0.5, 0.6) is 0 Å². The highest BCUT2D eigenvalue weighted by atomic mass is 19.4. The minimum atomic E-state index is -4.66. The molecule has 1 N–H and O–H groups in total. The lowest BCUT2D eigenvalue weighted by atomic mass is 10.1. The molecule has 10 heteroatoms. The molecular formula is C17H16F3N3O4. The van der Waals surface area contributed by atoms with Gasteiger partial charge in [0.1, 0.15) is 0 Å². The fourth-order valence-corrected chi connectivity index (χ4v) is 2.38. The zero-order valence-corrected chi connectivity index (χ0v) is 14.4. The molecule has 1 aromatic carbocycles. The molecule has 1 amide bonds. The summed E-state index contributed by atoms with van der Waals surface area (Å²) >= 11 is 0. The Morgan fingerprint density at radius 2 is 1.89 bits per heavy atom. The van der Waals surface area contributed by atoms with Crippen molar-refractivity contribution in [3.63, 3.8) is 0 Å². The maximum atomic E-state index is 13.3. The van der Waals surface area contributed by atoms with Crippen molar-refractivity contribution in [2.75, 3.05) is 13.6 Å². The summed E-state index contributed by atoms with van der Waals surface area (Å²) in [6, 6.07) is 5.66. The molecule has 0 spiro atoms. The van der Waals surface area contributed by atoms with Crippen LogP contribution < -0.4 is 5.43 Å². The summed E-state index contributed by atoms with van der Waals surface area (Å²) in [5, 5.41) is 12.5. The molecule has 144 valence electrons. The van der Waals surface area contributed by atoms with Gasteiger partial charge in [0.05, 0.1) is 17.7 Å². The average molecular weight is 383 g/mol. The normalized spacial score (nSPS) is 11.3. The number of benzene rings is 1. The molecular weight excluding hydrogens is 367 g/mol. The number of carbonyl (C=O) groups is 2. The van der Waals surface area contributed by atoms with E-state index in [4.69, 9.17) is 5.11 Å². The number of alkyl halides is 3. The Balaban J connectivity index is 2.54. The average Bonchev–Trinajstić information content (AvgIpc) is 2.58. The minimum absolute atomic E-state index is 0.112. The fourth-order valence-electron chi connectivity index (χ4n) is 2.38. The second-order valence-electron chi connectivity index (χ2n) is 5.80. The van der Waals surface area contributed by atoms with Gasteiger partial charge in [0.15, 0.2) is 5.69 Å². The predicted molar refractivity (Wildman–Crippen MR) is 88.8 cm³/mol. The van der Waals surface area contributed by atoms with Crippen LogP contribution in [-0.2, 0) is 11.0 Å². The lowest BCUT2D eigenvalue weighted by Crippen LogP contribution is -2.35. The van der Waals surface area contributed by atoms with Crippen molar-refractivity contribution < 1.29 is 27.9 Å². The monoisotopic (exact) mass is 383 g/mol. The summed E-state index contributed by atoms with van der Waals surface area (Å²) in [5.41, 5.74) is -2.54. The van der Waals surface area contributed by atoms with E-state index in [1.54, 1.807) is 0 Å². The maximum Gasteiger partial charge on any atom is 0.418 e. The molecule has 0 aliphatic heterocycles. The van der Waals surface area contributed by atoms with Crippen LogP contribution in [0.1, 0.15) is 28.2 Å². The predicted octanol–water partition coefficient (Wildman–Crippen LogP) is 2.11. The highest BCUT2D eigenvalue weighted by molar-refractivity contribution is 5.92. The van der Waals surface area contributed by atoms with E-state index in [-0.39, 0.29) is 24.3 Å². The number of nitrogens with zero attached hydrogens (tertiary/aromatic N) is 3. The van der Waals surface area contributed by atoms with Gasteiger partial charge in [-0.2, -0.15) is 18.3 Å². The number of amides is 1. The Morgan fingerprint density at radius 1 is 1.26 bits per heavy atom. The largest absolute Gasteiger partial charge is 0.481 e. The molecule has 2 aromatic rings. The number of hydrogen-bond acceptors (Lipinski definition) is 4. The Labute approximate surface area is 151 Å². The van der Waals surface area contributed by atoms with E-state index >= 15 is 0 Å². The molecule has 0 saturated carbocycles. The first kappa shape index (κ1) is 20.1. The number of aliphatic carboxylic acids is 1. The van der Waals surface area contributed by atoms with Crippen LogP contribution in [0.25, 0.3) is 5.69 Å². The van der Waals surface area contributed by atoms with Crippen LogP contribution in [0.3, 0.4) is 0 Å². The highest BCUT2D eigenvalue weighted by Crippen LogP contribution is 2.33. The van der Waals surface area contributed by atoms with Crippen LogP contribution >= 0.6 is 0 Å². The van der Waals surface area contributed by atoms with Crippen LogP contribution in [0.2, 0.25) is 0 Å². The van der Waals surface area contributed by atoms with Crippen molar-refractivity contribution >= 4 is 11.9 Å². The number of aromatic nitrogens is 2. The van der Waals surface area contributed by atoms with Gasteiger partial charge in [-0.25, -0.2) is 4.68 Å². The third kappa shape index (κ3) is 4.52. The zero-order valence-electron chi connectivity index (χ0n) is 14.4. The SMILES string of the molecule is Cc1cc(=O)c(C(=O)N(C)CCC(=O)O)nn1-c1ccccc1C(F)(F)F. The second kappa shape index (κ2) is 7.60. The van der Waals surface area contributed by atoms with Crippen molar-refractivity contribution in [2.24, 2.45) is 0 Å². The molecule has 0 unspecified atom stereocenters. The first-order chi connectivity index (χ1) is 12.5. The minimum Gasteiger partial charge on any atom is -0.481 e. The summed E-state index contributed by atoms with van der Waals surface area (Å²) in [7, 11) is 1.28. The molecule has 0 radical (unpaired) electrons. The number of halogens is 3. The van der Waals surface area contributed by atoms with Crippen molar-refractivity contribution in [3.05, 3.63) is 57.5 Å². The van der Waals surface area contributed by atoms with Gasteiger partial charge in [-0.05, 0) is 19.1 Å². The third-order valence-corrected chi connectivity index (χ3v) is 3.76. The Bertz CT molecular complexity index is 938. The molecule has 0 bridgehead atoms. The molecule has 0 aliphatic rings. The first-order valence-electron chi connectivity index (χ1n) is 7.77. The molecule has 1 aromatic heterocycles. The number of hydrogen-bond donors (Lipinski definition) is 1. The smallest absolute Gasteiger partial charge is 0.418 e. The number of aryl methyl sites for hydroxylation is 1. The van der Waals surface area contributed by atoms with Crippen molar-refractivity contribution in [2.45, 2.75) is 19.5 Å². The van der Waals surface area contributed by atoms with E-state index in [2.05, 4.69) is 5.10 Å². The van der Waals surface area contributed by atoms with Gasteiger partial charge in [-0.1, -0.05) is 12.1 Å². The van der Waals surface area contributed by atoms with Gasteiger partial charge in [-0.3, -0.25) is 14.4 Å². The molecule has 0 atom stereocenters. The van der Waals surface area contributed by atoms with Crippen molar-refractivity contribution in [1.82, 2.24) is 14.7 Å². The zero-order chi connectivity index (χ0) is 20.4. The molecule has 2 rings (SSSR count). The van der Waals surface area contributed by atoms with E-state index in [1.165, 1.54) is 32.2 Å². The maximum absolute atomic E-state index is 13.3. The Kier molecular flexibility index (Phi) is 5.67. The van der Waals surface area contributed by atoms with E-state index in [0.717, 1.165) is 21.7 Å². The topological polar surface area (TPSA) is 92.5 Å². The molecule has 0 saturated heterocycles. The van der Waals surface area contributed by atoms with E-state index in [1.807, 2.05) is 0 Å². The molecule has 27 heavy (non-hydrogen) atoms. The van der Waals surface area contributed by atoms with Crippen LogP contribution in [0.15, 0.2) is 35.1 Å². The standard InChI is InChI=1S/C17H16F3N3O4/c1-10-9-13(24)15(16(27)22(2)8-7-14(25)26)21-23(10)12-6-4-3-5-11(12)17(18,19)20/h3-6,9H,7-8H2,1-2H3,(H,25,26). The third-order valence-electron chi connectivity index (χ3n) is 3.76. The van der Waals surface area contributed by atoms with Gasteiger partial charge >= 0.3 is 12.1 Å². The lowest BCUT2D eigenvalue weighted by Gasteiger charge is -2.18. The fraction of sp³-hybridized carbons (Fsp3) is 0.294. The van der Waals surface area contributed by atoms with Gasteiger partial charge in [-0.15, -0.1) is 0 Å². The highest BCUT2D eigenvalue weighted by Gasteiger charge is 2.34. The lowest BCUT2D eigenvalue weighted by molar-refractivity contribution is -0.138. The summed E-state index contributed by atoms with van der Waals surface area (Å²) in [4.78, 5) is 36.1. The first-order valence-corrected chi connectivity index (χ1v) is 7.77. The number of carboxylic acid groups (broad SMARTS) is 1. The van der Waals surface area contributed by atoms with Gasteiger partial charge in [0.25, 0.3) is 5.91 Å². The summed E-state index contributed by atoms with van der Waals surface area (Å²) in [5.74, 6) is -2.01. The quantitative estimate of drug-likeness (QED) is 0.854. The molecule has 0 aliphatic carbocycles. The van der Waals surface area contributed by atoms with E-state index in [9.17, 15) is 27.6 Å². The number of carboxylic acids is 1. The van der Waals surface area contributed by atoms with Crippen LogP contribution in [0.4, 0.5) is 13.2 Å². The molecule has 1 heterocycles. The Morgan fingerprint density at radius 3 is 2.48 bits per heavy atom. The van der Waals surface area contributed by atoms with Crippen LogP contribution in [0, 0.1) is 6.92 Å². The molecule has 0 fully saturated rings. The van der Waals surface area contributed by atoms with E-state index in [0.29, 0.717) is 0 Å². The second-order valence-corrected chi connectivity index (χ2v) is 5.80. The van der Waals surface area contributed by atoms with Gasteiger partial charge in [0, 0.05) is 25.4 Å². The molecule has 7 nitrogen and oxygen atoms in total. The summed E-state index contributed by atoms with van der Waals surface area (Å²) in [6.07, 6.45) is -5.00. The van der Waals surface area contributed by atoms with Gasteiger partial charge in [0.2, 0.25) is 5.43 Å². The van der Waals surface area contributed by atoms with Crippen molar-refractivity contribution in [3.8, 4) is 5.69 Å². The Hall–Kier alpha value is -3.17. The summed E-state index contributed by atoms with van der Waals surface area (Å²) in [6.45, 7) is 1.21. The van der Waals surface area contributed by atoms with Gasteiger partial charge < -0.3 is 10.0 Å². The summed E-state index contributed by atoms with van der Waals surface area (Å²) < 4.78 is 40.7. The number of carbonyl (C=O) groups excluding carboxylic acids is 1. The number of para-hydroxylation sites is 1.